The van der Waals surface area contributed by atoms with Gasteiger partial charge in [-0.1, -0.05) is 84.9 Å². The fourth-order valence-corrected chi connectivity index (χ4v) is 7.68. The third-order valence-corrected chi connectivity index (χ3v) is 9.44. The van der Waals surface area contributed by atoms with Crippen LogP contribution >= 0.6 is 0 Å². The molecular formula is C36H26N4Si. The first-order valence-corrected chi connectivity index (χ1v) is 15.1. The van der Waals surface area contributed by atoms with Crippen molar-refractivity contribution >= 4 is 31.1 Å². The molecule has 0 spiro atoms. The molecule has 194 valence electrons. The van der Waals surface area contributed by atoms with Crippen molar-refractivity contribution in [3.8, 4) is 22.8 Å². The van der Waals surface area contributed by atoms with E-state index in [-0.39, 0.29) is 0 Å². The first-order chi connectivity index (χ1) is 20.3. The molecule has 0 saturated heterocycles. The van der Waals surface area contributed by atoms with E-state index in [9.17, 15) is 0 Å². The fourth-order valence-electron chi connectivity index (χ4n) is 5.46. The Kier molecular flexibility index (Phi) is 6.69. The predicted octanol–water partition coefficient (Wildman–Crippen LogP) is 7.22. The van der Waals surface area contributed by atoms with Crippen LogP contribution in [0.4, 0.5) is 0 Å². The SMILES string of the molecule is c1ccc(C2=C(c3cccc(-c4ccccn4)n3)[SiH2]C(c3cccc(-c4ccccn4)n3)=C2c2ccccc2)cc1. The van der Waals surface area contributed by atoms with Gasteiger partial charge in [0.25, 0.3) is 0 Å². The van der Waals surface area contributed by atoms with E-state index in [0.29, 0.717) is 0 Å². The largest absolute Gasteiger partial charge is 0.255 e. The highest BCUT2D eigenvalue weighted by Crippen LogP contribution is 2.47. The minimum atomic E-state index is -1.01. The molecule has 0 saturated carbocycles. The van der Waals surface area contributed by atoms with Gasteiger partial charge in [-0.15, -0.1) is 0 Å². The van der Waals surface area contributed by atoms with Crippen LogP contribution in [0, 0.1) is 0 Å². The van der Waals surface area contributed by atoms with Crippen molar-refractivity contribution in [3.63, 3.8) is 0 Å². The zero-order valence-corrected chi connectivity index (χ0v) is 23.8. The molecule has 0 bridgehead atoms. The fraction of sp³-hybridized carbons (Fsp3) is 0. The molecule has 2 aromatic carbocycles. The van der Waals surface area contributed by atoms with Gasteiger partial charge in [0, 0.05) is 12.4 Å². The number of benzene rings is 2. The van der Waals surface area contributed by atoms with Gasteiger partial charge in [-0.25, -0.2) is 9.97 Å². The van der Waals surface area contributed by atoms with E-state index in [4.69, 9.17) is 9.97 Å². The Morgan fingerprint density at radius 2 is 0.732 bits per heavy atom. The monoisotopic (exact) mass is 542 g/mol. The lowest BCUT2D eigenvalue weighted by molar-refractivity contribution is 1.23. The summed E-state index contributed by atoms with van der Waals surface area (Å²) in [6.45, 7) is 0. The standard InChI is InChI=1S/C36H26N4Si/c1-3-13-25(14-4-1)33-34(26-15-5-2-6-16-26)36(32-22-12-20-30(40-32)28-18-8-10-24-38-28)41-35(33)31-21-11-19-29(39-31)27-17-7-9-23-37-27/h1-24H,41H2. The van der Waals surface area contributed by atoms with Crippen molar-refractivity contribution in [2.24, 2.45) is 0 Å². The Morgan fingerprint density at radius 3 is 1.15 bits per heavy atom. The molecule has 0 atom stereocenters. The number of rotatable bonds is 6. The maximum Gasteiger partial charge on any atom is 0.0948 e. The smallest absolute Gasteiger partial charge is 0.0948 e. The molecule has 0 unspecified atom stereocenters. The molecule has 1 aliphatic rings. The number of pyridine rings is 4. The number of nitrogens with zero attached hydrogens (tertiary/aromatic N) is 4. The molecular weight excluding hydrogens is 517 g/mol. The molecule has 0 fully saturated rings. The Labute approximate surface area is 241 Å². The minimum Gasteiger partial charge on any atom is -0.255 e. The molecule has 0 aliphatic carbocycles. The summed E-state index contributed by atoms with van der Waals surface area (Å²) in [4.78, 5) is 19.5. The van der Waals surface area contributed by atoms with E-state index in [1.165, 1.54) is 32.7 Å². The van der Waals surface area contributed by atoms with Gasteiger partial charge in [0.2, 0.25) is 0 Å². The predicted molar refractivity (Wildman–Crippen MR) is 170 cm³/mol. The summed E-state index contributed by atoms with van der Waals surface area (Å²) < 4.78 is 0. The average Bonchev–Trinajstić information content (AvgIpc) is 3.47. The lowest BCUT2D eigenvalue weighted by Crippen LogP contribution is -2.02. The molecule has 0 N–H and O–H groups in total. The third-order valence-electron chi connectivity index (χ3n) is 7.30. The third kappa shape index (κ3) is 4.95. The molecule has 5 heteroatoms. The second-order valence-corrected chi connectivity index (χ2v) is 11.6. The summed E-state index contributed by atoms with van der Waals surface area (Å²) in [7, 11) is -1.01. The minimum absolute atomic E-state index is 0.872. The number of hydrogen-bond acceptors (Lipinski definition) is 4. The van der Waals surface area contributed by atoms with Gasteiger partial charge in [0.15, 0.2) is 0 Å². The summed E-state index contributed by atoms with van der Waals surface area (Å²) in [6, 6.07) is 45.8. The van der Waals surface area contributed by atoms with Crippen LogP contribution in [0.1, 0.15) is 22.5 Å². The normalized spacial score (nSPS) is 13.1. The summed E-state index contributed by atoms with van der Waals surface area (Å²) in [5.74, 6) is 0. The Bertz CT molecular complexity index is 1740. The number of allylic oxidation sites excluding steroid dienone is 2. The van der Waals surface area contributed by atoms with E-state index in [0.717, 1.165) is 34.2 Å². The molecule has 5 heterocycles. The molecule has 0 amide bonds. The van der Waals surface area contributed by atoms with Crippen molar-refractivity contribution in [1.82, 2.24) is 19.9 Å². The summed E-state index contributed by atoms with van der Waals surface area (Å²) in [6.07, 6.45) is 3.63. The highest BCUT2D eigenvalue weighted by molar-refractivity contribution is 6.86. The van der Waals surface area contributed by atoms with Crippen molar-refractivity contribution in [1.29, 1.82) is 0 Å². The van der Waals surface area contributed by atoms with E-state index < -0.39 is 9.52 Å². The molecule has 0 radical (unpaired) electrons. The van der Waals surface area contributed by atoms with E-state index >= 15 is 0 Å². The van der Waals surface area contributed by atoms with Crippen LogP contribution in [0.3, 0.4) is 0 Å². The first-order valence-electron chi connectivity index (χ1n) is 13.7. The summed E-state index contributed by atoms with van der Waals surface area (Å²) in [5.41, 5.74) is 10.4. The van der Waals surface area contributed by atoms with Crippen molar-refractivity contribution in [2.75, 3.05) is 0 Å². The Hall–Kier alpha value is -5.26. The Morgan fingerprint density at radius 1 is 0.341 bits per heavy atom. The summed E-state index contributed by atoms with van der Waals surface area (Å²) in [5, 5.41) is 2.63. The lowest BCUT2D eigenvalue weighted by Gasteiger charge is -2.15. The second-order valence-electron chi connectivity index (χ2n) is 9.86. The van der Waals surface area contributed by atoms with Gasteiger partial charge in [-0.05, 0) is 81.2 Å². The van der Waals surface area contributed by atoms with E-state index in [2.05, 4.69) is 94.9 Å². The van der Waals surface area contributed by atoms with Crippen molar-refractivity contribution < 1.29 is 0 Å². The topological polar surface area (TPSA) is 51.6 Å². The van der Waals surface area contributed by atoms with E-state index in [1.807, 2.05) is 60.9 Å². The maximum absolute atomic E-state index is 5.18. The van der Waals surface area contributed by atoms with E-state index in [1.54, 1.807) is 0 Å². The van der Waals surface area contributed by atoms with Crippen LogP contribution in [0.15, 0.2) is 146 Å². The molecule has 41 heavy (non-hydrogen) atoms. The number of aromatic nitrogens is 4. The van der Waals surface area contributed by atoms with Crippen LogP contribution < -0.4 is 0 Å². The summed E-state index contributed by atoms with van der Waals surface area (Å²) >= 11 is 0. The zero-order valence-electron chi connectivity index (χ0n) is 22.4. The van der Waals surface area contributed by atoms with Crippen LogP contribution in [0.2, 0.25) is 0 Å². The van der Waals surface area contributed by atoms with Crippen LogP contribution in [-0.2, 0) is 0 Å². The van der Waals surface area contributed by atoms with Crippen molar-refractivity contribution in [3.05, 3.63) is 168 Å². The molecule has 4 nitrogen and oxygen atoms in total. The van der Waals surface area contributed by atoms with Crippen LogP contribution in [0.25, 0.3) is 44.3 Å². The van der Waals surface area contributed by atoms with Gasteiger partial charge in [-0.3, -0.25) is 9.97 Å². The molecule has 4 aromatic heterocycles. The molecule has 1 aliphatic heterocycles. The Balaban J connectivity index is 1.45. The second kappa shape index (κ2) is 11.1. The molecule has 6 aromatic rings. The van der Waals surface area contributed by atoms with Gasteiger partial charge in [0.05, 0.1) is 43.7 Å². The van der Waals surface area contributed by atoms with Gasteiger partial charge in [0.1, 0.15) is 0 Å². The highest BCUT2D eigenvalue weighted by Gasteiger charge is 2.30. The van der Waals surface area contributed by atoms with Crippen LogP contribution in [0.5, 0.6) is 0 Å². The highest BCUT2D eigenvalue weighted by atomic mass is 28.2. The quantitative estimate of drug-likeness (QED) is 0.209. The molecule has 7 rings (SSSR count). The first kappa shape index (κ1) is 24.8. The van der Waals surface area contributed by atoms with Crippen molar-refractivity contribution in [2.45, 2.75) is 0 Å². The van der Waals surface area contributed by atoms with Gasteiger partial charge < -0.3 is 0 Å². The average molecular weight is 543 g/mol. The number of hydrogen-bond donors (Lipinski definition) is 0. The zero-order chi connectivity index (χ0) is 27.4. The maximum atomic E-state index is 5.18. The van der Waals surface area contributed by atoms with Gasteiger partial charge in [-0.2, -0.15) is 0 Å². The lowest BCUT2D eigenvalue weighted by atomic mass is 9.90. The van der Waals surface area contributed by atoms with Gasteiger partial charge >= 0.3 is 0 Å². The van der Waals surface area contributed by atoms with Crippen LogP contribution in [-0.4, -0.2) is 29.5 Å².